The Morgan fingerprint density at radius 2 is 1.81 bits per heavy atom. The molecule has 138 valence electrons. The first kappa shape index (κ1) is 19.3. The van der Waals surface area contributed by atoms with Gasteiger partial charge in [-0.3, -0.25) is 4.90 Å². The normalized spacial score (nSPS) is 16.7. The van der Waals surface area contributed by atoms with Crippen molar-refractivity contribution in [1.29, 1.82) is 0 Å². The van der Waals surface area contributed by atoms with Crippen LogP contribution in [0.4, 0.5) is 0 Å². The third-order valence-corrected chi connectivity index (χ3v) is 5.49. The van der Waals surface area contributed by atoms with Crippen LogP contribution in [0.15, 0.2) is 48.5 Å². The number of likely N-dealkylation sites (tertiary alicyclic amines) is 1. The Hall–Kier alpha value is -1.48. The van der Waals surface area contributed by atoms with E-state index in [1.807, 2.05) is 12.1 Å². The molecule has 0 radical (unpaired) electrons. The molecule has 1 fully saturated rings. The maximum atomic E-state index is 6.16. The number of allylic oxidation sites excluding steroid dienone is 1. The van der Waals surface area contributed by atoms with Crippen molar-refractivity contribution in [2.24, 2.45) is 5.92 Å². The fraction of sp³-hybridized carbons (Fsp3) is 0.364. The molecule has 0 N–H and O–H groups in total. The van der Waals surface area contributed by atoms with E-state index in [1.54, 1.807) is 18.2 Å². The van der Waals surface area contributed by atoms with E-state index in [2.05, 4.69) is 37.0 Å². The second kappa shape index (κ2) is 8.94. The highest BCUT2D eigenvalue weighted by Gasteiger charge is 2.14. The molecule has 2 aromatic rings. The van der Waals surface area contributed by atoms with Crippen molar-refractivity contribution in [2.45, 2.75) is 26.7 Å². The molecule has 26 heavy (non-hydrogen) atoms. The predicted octanol–water partition coefficient (Wildman–Crippen LogP) is 6.92. The first-order valence-electron chi connectivity index (χ1n) is 9.14. The van der Waals surface area contributed by atoms with Crippen LogP contribution in [0, 0.1) is 5.92 Å². The van der Waals surface area contributed by atoms with E-state index in [4.69, 9.17) is 27.9 Å². The molecule has 0 saturated carbocycles. The minimum atomic E-state index is 0.508. The van der Waals surface area contributed by atoms with Crippen LogP contribution in [-0.4, -0.2) is 24.5 Å². The second-order valence-electron chi connectivity index (χ2n) is 7.07. The summed E-state index contributed by atoms with van der Waals surface area (Å²) in [6.45, 7) is 7.95. The zero-order chi connectivity index (χ0) is 18.5. The van der Waals surface area contributed by atoms with Crippen molar-refractivity contribution in [3.63, 3.8) is 0 Å². The van der Waals surface area contributed by atoms with Gasteiger partial charge in [-0.1, -0.05) is 48.3 Å². The van der Waals surface area contributed by atoms with Crippen molar-refractivity contribution >= 4 is 28.8 Å². The number of nitrogens with zero attached hydrogens (tertiary/aromatic N) is 1. The molecule has 3 rings (SSSR count). The number of halogens is 2. The van der Waals surface area contributed by atoms with Crippen molar-refractivity contribution in [1.82, 2.24) is 4.90 Å². The monoisotopic (exact) mass is 389 g/mol. The van der Waals surface area contributed by atoms with Gasteiger partial charge in [0.25, 0.3) is 0 Å². The summed E-state index contributed by atoms with van der Waals surface area (Å²) in [5, 5.41) is 1.11. The van der Waals surface area contributed by atoms with Gasteiger partial charge in [0, 0.05) is 11.6 Å². The second-order valence-corrected chi connectivity index (χ2v) is 7.92. The summed E-state index contributed by atoms with van der Waals surface area (Å²) in [7, 11) is 0. The standard InChI is InChI=1S/C22H25Cl2NO/c1-16-9-12-25(13-10-16)14-11-17(2)18-3-6-20(7-4-18)26-22-8-5-19(23)15-21(22)24/h3-8,11,15-16H,9-10,12-14H2,1-2H3/b17-11-. The molecule has 4 heteroatoms. The number of piperidine rings is 1. The van der Waals surface area contributed by atoms with Gasteiger partial charge in [0.2, 0.25) is 0 Å². The summed E-state index contributed by atoms with van der Waals surface area (Å²) in [5.74, 6) is 2.24. The Morgan fingerprint density at radius 1 is 1.12 bits per heavy atom. The number of hydrogen-bond acceptors (Lipinski definition) is 2. The summed E-state index contributed by atoms with van der Waals surface area (Å²) >= 11 is 12.1. The number of hydrogen-bond donors (Lipinski definition) is 0. The Morgan fingerprint density at radius 3 is 2.46 bits per heavy atom. The van der Waals surface area contributed by atoms with Gasteiger partial charge in [0.15, 0.2) is 0 Å². The zero-order valence-corrected chi connectivity index (χ0v) is 16.9. The molecular weight excluding hydrogens is 365 g/mol. The number of ether oxygens (including phenoxy) is 1. The molecule has 2 aromatic carbocycles. The first-order chi connectivity index (χ1) is 12.5. The van der Waals surface area contributed by atoms with Crippen LogP contribution in [0.2, 0.25) is 10.0 Å². The van der Waals surface area contributed by atoms with Crippen LogP contribution < -0.4 is 4.74 Å². The molecule has 2 nitrogen and oxygen atoms in total. The Bertz CT molecular complexity index is 762. The average Bonchev–Trinajstić information content (AvgIpc) is 2.64. The van der Waals surface area contributed by atoms with E-state index in [1.165, 1.54) is 37.1 Å². The highest BCUT2D eigenvalue weighted by atomic mass is 35.5. The molecule has 0 unspecified atom stereocenters. The van der Waals surface area contributed by atoms with E-state index in [9.17, 15) is 0 Å². The van der Waals surface area contributed by atoms with Crippen LogP contribution >= 0.6 is 23.2 Å². The molecule has 1 aliphatic heterocycles. The lowest BCUT2D eigenvalue weighted by molar-refractivity contribution is 0.210. The van der Waals surface area contributed by atoms with Crippen LogP contribution in [0.25, 0.3) is 5.57 Å². The minimum Gasteiger partial charge on any atom is -0.456 e. The topological polar surface area (TPSA) is 12.5 Å². The fourth-order valence-corrected chi connectivity index (χ4v) is 3.55. The molecule has 1 saturated heterocycles. The largest absolute Gasteiger partial charge is 0.456 e. The van der Waals surface area contributed by atoms with Gasteiger partial charge in [-0.05, 0) is 80.2 Å². The average molecular weight is 390 g/mol. The van der Waals surface area contributed by atoms with E-state index in [-0.39, 0.29) is 0 Å². The summed E-state index contributed by atoms with van der Waals surface area (Å²) < 4.78 is 5.85. The fourth-order valence-electron chi connectivity index (χ4n) is 3.10. The Balaban J connectivity index is 1.60. The third-order valence-electron chi connectivity index (χ3n) is 4.96. The van der Waals surface area contributed by atoms with Crippen molar-refractivity contribution in [3.05, 3.63) is 64.1 Å². The highest BCUT2D eigenvalue weighted by Crippen LogP contribution is 2.32. The lowest BCUT2D eigenvalue weighted by atomic mass is 9.99. The minimum absolute atomic E-state index is 0.508. The lowest BCUT2D eigenvalue weighted by Gasteiger charge is -2.29. The molecule has 1 heterocycles. The van der Waals surface area contributed by atoms with Gasteiger partial charge in [-0.2, -0.15) is 0 Å². The van der Waals surface area contributed by atoms with E-state index in [0.717, 1.165) is 18.2 Å². The van der Waals surface area contributed by atoms with E-state index in [0.29, 0.717) is 15.8 Å². The van der Waals surface area contributed by atoms with Gasteiger partial charge in [0.1, 0.15) is 11.5 Å². The molecule has 0 atom stereocenters. The van der Waals surface area contributed by atoms with Crippen molar-refractivity contribution in [3.8, 4) is 11.5 Å². The molecular formula is C22H25Cl2NO. The van der Waals surface area contributed by atoms with Gasteiger partial charge >= 0.3 is 0 Å². The third kappa shape index (κ3) is 5.26. The molecule has 0 bridgehead atoms. The Kier molecular flexibility index (Phi) is 6.63. The van der Waals surface area contributed by atoms with Crippen LogP contribution in [0.5, 0.6) is 11.5 Å². The van der Waals surface area contributed by atoms with Gasteiger partial charge in [0.05, 0.1) is 5.02 Å². The number of benzene rings is 2. The summed E-state index contributed by atoms with van der Waals surface area (Å²) in [6, 6.07) is 13.3. The maximum Gasteiger partial charge on any atom is 0.146 e. The quantitative estimate of drug-likeness (QED) is 0.549. The van der Waals surface area contributed by atoms with Crippen LogP contribution in [0.1, 0.15) is 32.3 Å². The molecule has 0 aliphatic carbocycles. The summed E-state index contributed by atoms with van der Waals surface area (Å²) in [4.78, 5) is 2.53. The predicted molar refractivity (Wildman–Crippen MR) is 111 cm³/mol. The Labute approximate surface area is 166 Å². The molecule has 1 aliphatic rings. The molecule has 0 spiro atoms. The highest BCUT2D eigenvalue weighted by molar-refractivity contribution is 6.35. The smallest absolute Gasteiger partial charge is 0.146 e. The zero-order valence-electron chi connectivity index (χ0n) is 15.3. The van der Waals surface area contributed by atoms with Gasteiger partial charge < -0.3 is 4.74 Å². The van der Waals surface area contributed by atoms with Crippen molar-refractivity contribution in [2.75, 3.05) is 19.6 Å². The molecule has 0 amide bonds. The van der Waals surface area contributed by atoms with Crippen molar-refractivity contribution < 1.29 is 4.74 Å². The van der Waals surface area contributed by atoms with Crippen LogP contribution in [0.3, 0.4) is 0 Å². The van der Waals surface area contributed by atoms with Gasteiger partial charge in [-0.15, -0.1) is 0 Å². The van der Waals surface area contributed by atoms with Gasteiger partial charge in [-0.25, -0.2) is 0 Å². The molecule has 0 aromatic heterocycles. The van der Waals surface area contributed by atoms with E-state index >= 15 is 0 Å². The first-order valence-corrected chi connectivity index (χ1v) is 9.89. The lowest BCUT2D eigenvalue weighted by Crippen LogP contribution is -2.32. The maximum absolute atomic E-state index is 6.16. The van der Waals surface area contributed by atoms with Crippen LogP contribution in [-0.2, 0) is 0 Å². The number of rotatable bonds is 5. The SMILES string of the molecule is C/C(=C/CN1CCC(C)CC1)c1ccc(Oc2ccc(Cl)cc2Cl)cc1. The summed E-state index contributed by atoms with van der Waals surface area (Å²) in [5.41, 5.74) is 2.50. The van der Waals surface area contributed by atoms with E-state index < -0.39 is 0 Å². The summed E-state index contributed by atoms with van der Waals surface area (Å²) in [6.07, 6.45) is 4.94.